The number of nitrogens with zero attached hydrogens (tertiary/aromatic N) is 1. The molecule has 0 radical (unpaired) electrons. The molecule has 0 fully saturated rings. The summed E-state index contributed by atoms with van der Waals surface area (Å²) in [6.45, 7) is 2.07. The van der Waals surface area contributed by atoms with Crippen molar-refractivity contribution in [3.8, 4) is 0 Å². The normalized spacial score (nSPS) is 14.4. The lowest BCUT2D eigenvalue weighted by atomic mass is 10.3. The third kappa shape index (κ3) is 3.99. The van der Waals surface area contributed by atoms with Gasteiger partial charge in [0.1, 0.15) is 0 Å². The van der Waals surface area contributed by atoms with Gasteiger partial charge >= 0.3 is 0 Å². The molecule has 0 amide bonds. The van der Waals surface area contributed by atoms with Gasteiger partial charge in [-0.1, -0.05) is 6.92 Å². The van der Waals surface area contributed by atoms with Gasteiger partial charge < -0.3 is 5.32 Å². The van der Waals surface area contributed by atoms with Gasteiger partial charge in [-0.3, -0.25) is 4.21 Å². The van der Waals surface area contributed by atoms with E-state index >= 15 is 0 Å². The van der Waals surface area contributed by atoms with Crippen LogP contribution in [-0.2, 0) is 10.8 Å². The highest BCUT2D eigenvalue weighted by molar-refractivity contribution is 7.84. The Morgan fingerprint density at radius 3 is 2.65 bits per heavy atom. The minimum absolute atomic E-state index is 0.0594. The van der Waals surface area contributed by atoms with Gasteiger partial charge in [0, 0.05) is 34.9 Å². The zero-order chi connectivity index (χ0) is 13.0. The molecule has 1 rings (SSSR count). The molecule has 7 heteroatoms. The second-order valence-electron chi connectivity index (χ2n) is 3.62. The fraction of sp³-hybridized carbons (Fsp3) is 0.500. The van der Waals surface area contributed by atoms with E-state index in [2.05, 4.69) is 10.3 Å². The molecule has 1 N–H and O–H groups in total. The van der Waals surface area contributed by atoms with Crippen LogP contribution in [-0.4, -0.2) is 27.2 Å². The molecule has 1 aromatic rings. The Morgan fingerprint density at radius 1 is 1.41 bits per heavy atom. The predicted molar refractivity (Wildman–Crippen MR) is 60.7 cm³/mol. The van der Waals surface area contributed by atoms with Gasteiger partial charge in [0.15, 0.2) is 17.5 Å². The van der Waals surface area contributed by atoms with Crippen LogP contribution in [0, 0.1) is 17.6 Å². The van der Waals surface area contributed by atoms with Crippen molar-refractivity contribution in [2.75, 3.05) is 18.1 Å². The number of pyridine rings is 1. The second kappa shape index (κ2) is 6.00. The van der Waals surface area contributed by atoms with Crippen LogP contribution in [0.4, 0.5) is 19.0 Å². The molecule has 0 bridgehead atoms. The van der Waals surface area contributed by atoms with Crippen molar-refractivity contribution in [3.05, 3.63) is 23.6 Å². The molecule has 17 heavy (non-hydrogen) atoms. The number of anilines is 1. The van der Waals surface area contributed by atoms with E-state index < -0.39 is 28.4 Å². The summed E-state index contributed by atoms with van der Waals surface area (Å²) in [6.07, 6.45) is 2.09. The fourth-order valence-electron chi connectivity index (χ4n) is 1.13. The van der Waals surface area contributed by atoms with E-state index in [4.69, 9.17) is 0 Å². The first-order chi connectivity index (χ1) is 7.91. The zero-order valence-electron chi connectivity index (χ0n) is 9.47. The standard InChI is InChI=1S/C10H13F3N2OS/c1-6(17(2)16)3-4-14-10-8(12)5-7(11)9(13)15-10/h5-6H,3-4H2,1-2H3,(H,14,15). The van der Waals surface area contributed by atoms with E-state index in [1.807, 2.05) is 0 Å². The maximum atomic E-state index is 13.1. The van der Waals surface area contributed by atoms with Crippen molar-refractivity contribution in [1.29, 1.82) is 0 Å². The lowest BCUT2D eigenvalue weighted by Crippen LogP contribution is -2.16. The second-order valence-corrected chi connectivity index (χ2v) is 5.42. The van der Waals surface area contributed by atoms with Crippen LogP contribution in [0.25, 0.3) is 0 Å². The summed E-state index contributed by atoms with van der Waals surface area (Å²) in [4.78, 5) is 3.11. The summed E-state index contributed by atoms with van der Waals surface area (Å²) >= 11 is 0. The van der Waals surface area contributed by atoms with E-state index in [0.717, 1.165) is 0 Å². The number of hydrogen-bond donors (Lipinski definition) is 1. The van der Waals surface area contributed by atoms with E-state index in [9.17, 15) is 17.4 Å². The van der Waals surface area contributed by atoms with Gasteiger partial charge in [-0.2, -0.15) is 9.37 Å². The first-order valence-electron chi connectivity index (χ1n) is 4.99. The lowest BCUT2D eigenvalue weighted by molar-refractivity contribution is 0.466. The van der Waals surface area contributed by atoms with Crippen LogP contribution >= 0.6 is 0 Å². The Balaban J connectivity index is 2.58. The predicted octanol–water partition coefficient (Wildman–Crippen LogP) is 2.07. The summed E-state index contributed by atoms with van der Waals surface area (Å²) in [5, 5.41) is 2.48. The van der Waals surface area contributed by atoms with Gasteiger partial charge in [0.25, 0.3) is 5.95 Å². The van der Waals surface area contributed by atoms with E-state index in [0.29, 0.717) is 12.5 Å². The average Bonchev–Trinajstić information content (AvgIpc) is 2.25. The van der Waals surface area contributed by atoms with Crippen LogP contribution in [0.1, 0.15) is 13.3 Å². The molecule has 0 aliphatic carbocycles. The van der Waals surface area contributed by atoms with Crippen LogP contribution < -0.4 is 5.32 Å². The molecule has 0 spiro atoms. The molecular weight excluding hydrogens is 253 g/mol. The van der Waals surface area contributed by atoms with E-state index in [-0.39, 0.29) is 17.6 Å². The first-order valence-corrected chi connectivity index (χ1v) is 6.61. The molecule has 0 saturated carbocycles. The minimum atomic E-state index is -1.35. The SMILES string of the molecule is CC(CCNc1nc(F)c(F)cc1F)S(C)=O. The molecule has 96 valence electrons. The van der Waals surface area contributed by atoms with Crippen molar-refractivity contribution >= 4 is 16.6 Å². The molecule has 0 aliphatic rings. The molecule has 0 saturated heterocycles. The lowest BCUT2D eigenvalue weighted by Gasteiger charge is -2.10. The monoisotopic (exact) mass is 266 g/mol. The van der Waals surface area contributed by atoms with Crippen LogP contribution in [0.2, 0.25) is 0 Å². The van der Waals surface area contributed by atoms with Crippen LogP contribution in [0.15, 0.2) is 6.07 Å². The summed E-state index contributed by atoms with van der Waals surface area (Å²) < 4.78 is 49.5. The highest BCUT2D eigenvalue weighted by atomic mass is 32.2. The van der Waals surface area contributed by atoms with Crippen molar-refractivity contribution < 1.29 is 17.4 Å². The zero-order valence-corrected chi connectivity index (χ0v) is 10.3. The largest absolute Gasteiger partial charge is 0.368 e. The summed E-state index contributed by atoms with van der Waals surface area (Å²) in [7, 11) is -0.970. The molecule has 2 unspecified atom stereocenters. The number of rotatable bonds is 5. The highest BCUT2D eigenvalue weighted by Gasteiger charge is 2.12. The van der Waals surface area contributed by atoms with Crippen molar-refractivity contribution in [3.63, 3.8) is 0 Å². The number of nitrogens with one attached hydrogen (secondary N) is 1. The maximum absolute atomic E-state index is 13.1. The number of halogens is 3. The molecule has 0 aromatic carbocycles. The molecule has 2 atom stereocenters. The molecular formula is C10H13F3N2OS. The molecule has 1 heterocycles. The Morgan fingerprint density at radius 2 is 2.06 bits per heavy atom. The van der Waals surface area contributed by atoms with Gasteiger partial charge in [0.05, 0.1) is 0 Å². The van der Waals surface area contributed by atoms with Crippen LogP contribution in [0.3, 0.4) is 0 Å². The number of hydrogen-bond acceptors (Lipinski definition) is 3. The van der Waals surface area contributed by atoms with Gasteiger partial charge in [-0.25, -0.2) is 8.78 Å². The van der Waals surface area contributed by atoms with Crippen molar-refractivity contribution in [2.24, 2.45) is 0 Å². The topological polar surface area (TPSA) is 42.0 Å². The van der Waals surface area contributed by atoms with Gasteiger partial charge in [0.2, 0.25) is 0 Å². The molecule has 0 aliphatic heterocycles. The highest BCUT2D eigenvalue weighted by Crippen LogP contribution is 2.14. The third-order valence-electron chi connectivity index (χ3n) is 2.30. The Labute approximate surface area is 99.9 Å². The first kappa shape index (κ1) is 14.0. The Kier molecular flexibility index (Phi) is 4.92. The minimum Gasteiger partial charge on any atom is -0.368 e. The quantitative estimate of drug-likeness (QED) is 0.830. The van der Waals surface area contributed by atoms with E-state index in [1.54, 1.807) is 13.2 Å². The van der Waals surface area contributed by atoms with Crippen molar-refractivity contribution in [1.82, 2.24) is 4.98 Å². The molecule has 1 aromatic heterocycles. The van der Waals surface area contributed by atoms with Gasteiger partial charge in [-0.15, -0.1) is 0 Å². The Hall–Kier alpha value is -1.11. The maximum Gasteiger partial charge on any atom is 0.251 e. The van der Waals surface area contributed by atoms with Gasteiger partial charge in [-0.05, 0) is 6.42 Å². The summed E-state index contributed by atoms with van der Waals surface area (Å²) in [6, 6.07) is 0.437. The van der Waals surface area contributed by atoms with Crippen LogP contribution in [0.5, 0.6) is 0 Å². The fourth-order valence-corrected chi connectivity index (χ4v) is 1.58. The third-order valence-corrected chi connectivity index (χ3v) is 3.67. The van der Waals surface area contributed by atoms with E-state index in [1.165, 1.54) is 0 Å². The summed E-state index contributed by atoms with van der Waals surface area (Å²) in [5.41, 5.74) is 0. The smallest absolute Gasteiger partial charge is 0.251 e. The number of aromatic nitrogens is 1. The average molecular weight is 266 g/mol. The molecule has 3 nitrogen and oxygen atoms in total. The Bertz CT molecular complexity index is 428. The summed E-state index contributed by atoms with van der Waals surface area (Å²) in [5.74, 6) is -3.95. The van der Waals surface area contributed by atoms with Crippen molar-refractivity contribution in [2.45, 2.75) is 18.6 Å².